The molecule has 0 aliphatic carbocycles. The summed E-state index contributed by atoms with van der Waals surface area (Å²) in [6.07, 6.45) is 4.08. The average Bonchev–Trinajstić information content (AvgIpc) is 0.751. The Kier molecular flexibility index (Phi) is 26.9. The molecule has 0 unspecified atom stereocenters. The molecule has 2 aromatic carbocycles. The SMILES string of the molecule is CCCCCCCCn1c(=O)nc2n(C[C@H](OC(C)=O)[C@H](OC(C)=O)[C@@H](COC(C)=O)OC(C)=O)c3cc(/C=C/c4cc5c(cc4C)nc4c(=O)n(CCCCCCCC)c(=O)nc-4n5C[C@H](OC(C)=O)[C@H](OC(C)=O)[C@@H](COC(C)=O)OC(C)=O)c(C)cc3nc-2c1=O. The Morgan fingerprint density at radius 3 is 1.04 bits per heavy atom. The third-order valence-corrected chi connectivity index (χ3v) is 15.3. The largest absolute Gasteiger partial charge is 0.462 e. The Morgan fingerprint density at radius 1 is 0.404 bits per heavy atom. The van der Waals surface area contributed by atoms with Crippen LogP contribution in [0.4, 0.5) is 0 Å². The van der Waals surface area contributed by atoms with Gasteiger partial charge >= 0.3 is 59.1 Å². The lowest BCUT2D eigenvalue weighted by molar-refractivity contribution is -0.190. The molecule has 94 heavy (non-hydrogen) atoms. The molecule has 0 radical (unpaired) electrons. The normalized spacial score (nSPS) is 13.4. The van der Waals surface area contributed by atoms with Crippen molar-refractivity contribution in [2.45, 2.75) is 223 Å². The summed E-state index contributed by atoms with van der Waals surface area (Å²) in [6, 6.07) is 6.65. The van der Waals surface area contributed by atoms with E-state index in [1.165, 1.54) is 9.13 Å². The Morgan fingerprint density at radius 2 is 0.723 bits per heavy atom. The van der Waals surface area contributed by atoms with Gasteiger partial charge in [-0.05, 0) is 73.2 Å². The molecule has 0 saturated carbocycles. The van der Waals surface area contributed by atoms with Gasteiger partial charge in [0.2, 0.25) is 0 Å². The van der Waals surface area contributed by atoms with Gasteiger partial charge in [-0.2, -0.15) is 9.97 Å². The molecule has 0 N–H and O–H groups in total. The van der Waals surface area contributed by atoms with Crippen molar-refractivity contribution < 1.29 is 76.3 Å². The Hall–Kier alpha value is -9.50. The van der Waals surface area contributed by atoms with Gasteiger partial charge in [-0.1, -0.05) is 90.2 Å². The number of aromatic nitrogens is 8. The number of hydrogen-bond donors (Lipinski definition) is 0. The molecule has 2 aromatic rings. The zero-order chi connectivity index (χ0) is 69.1. The number of rotatable bonds is 34. The molecule has 4 aliphatic rings. The van der Waals surface area contributed by atoms with Crippen molar-refractivity contribution in [1.82, 2.24) is 38.2 Å². The number of hydrogen-bond acceptors (Lipinski definition) is 24. The van der Waals surface area contributed by atoms with Gasteiger partial charge in [0.15, 0.2) is 59.7 Å². The van der Waals surface area contributed by atoms with E-state index in [4.69, 9.17) is 47.9 Å². The van der Waals surface area contributed by atoms with Crippen molar-refractivity contribution in [2.75, 3.05) is 13.2 Å². The predicted octanol–water partition coefficient (Wildman–Crippen LogP) is 6.65. The van der Waals surface area contributed by atoms with E-state index in [9.17, 15) is 57.5 Å². The van der Waals surface area contributed by atoms with Crippen molar-refractivity contribution in [1.29, 1.82) is 0 Å². The standard InChI is InChI=1S/C66H84N8O20/c1-13-15-17-19-21-23-27-71-63(83)57-61(69-65(71)85)73(33-53(89-41(7)77)59(93-45(11)81)55(91-43(9)79)35-87-39(5)75)51-31-47(37(3)29-49(51)67-57)25-26-48-32-52-50(30-38(48)4)68-58-62(70-66(86)72(64(58)84)28-24-22-20-18-16-14-2)74(52)34-54(90-42(8)78)60(94-46(12)82)56(92-44(10)80)36-88-40(6)76/h25-26,29-32,53-56,59-60H,13-24,27-28,33-36H2,1-12H3/b26-25+/t53-,54-,55+,56+,59-,60-/m0/s1. The maximum absolute atomic E-state index is 14.5. The van der Waals surface area contributed by atoms with E-state index in [2.05, 4.69) is 23.8 Å². The van der Waals surface area contributed by atoms with Crippen LogP contribution >= 0.6 is 0 Å². The summed E-state index contributed by atoms with van der Waals surface area (Å²) in [5.41, 5.74) is -0.825. The first-order chi connectivity index (χ1) is 44.6. The van der Waals surface area contributed by atoms with Crippen molar-refractivity contribution in [3.63, 3.8) is 0 Å². The summed E-state index contributed by atoms with van der Waals surface area (Å²) in [4.78, 5) is 177. The molecule has 28 nitrogen and oxygen atoms in total. The predicted molar refractivity (Wildman–Crippen MR) is 341 cm³/mol. The smallest absolute Gasteiger partial charge is 0.352 e. The molecular weight excluding hydrogens is 1220 g/mol. The lowest BCUT2D eigenvalue weighted by Gasteiger charge is -2.33. The van der Waals surface area contributed by atoms with Crippen LogP contribution in [0.15, 0.2) is 43.4 Å². The molecule has 0 bridgehead atoms. The van der Waals surface area contributed by atoms with Crippen molar-refractivity contribution in [3.8, 4) is 23.0 Å². The second kappa shape index (κ2) is 34.4. The van der Waals surface area contributed by atoms with E-state index in [1.807, 2.05) is 0 Å². The first kappa shape index (κ1) is 73.6. The lowest BCUT2D eigenvalue weighted by Crippen LogP contribution is -2.49. The third kappa shape index (κ3) is 20.0. The van der Waals surface area contributed by atoms with Crippen LogP contribution in [-0.2, 0) is 102 Å². The van der Waals surface area contributed by atoms with Crippen molar-refractivity contribution in [3.05, 3.63) is 88.2 Å². The highest BCUT2D eigenvalue weighted by molar-refractivity contribution is 5.88. The second-order valence-corrected chi connectivity index (χ2v) is 23.1. The third-order valence-electron chi connectivity index (χ3n) is 15.3. The van der Waals surface area contributed by atoms with Gasteiger partial charge in [-0.15, -0.1) is 0 Å². The summed E-state index contributed by atoms with van der Waals surface area (Å²) in [6.45, 7) is 14.0. The Bertz CT molecular complexity index is 3720. The fourth-order valence-corrected chi connectivity index (χ4v) is 11.1. The van der Waals surface area contributed by atoms with Crippen molar-refractivity contribution in [2.24, 2.45) is 0 Å². The fraction of sp³-hybridized carbons (Fsp3) is 0.545. The monoisotopic (exact) mass is 1310 g/mol. The molecule has 4 aliphatic heterocycles. The van der Waals surface area contributed by atoms with Gasteiger partial charge in [0.05, 0.1) is 35.2 Å². The molecule has 0 amide bonds. The van der Waals surface area contributed by atoms with E-state index >= 15 is 0 Å². The zero-order valence-electron chi connectivity index (χ0n) is 55.4. The summed E-state index contributed by atoms with van der Waals surface area (Å²) in [5, 5.41) is 0. The molecule has 6 atom stereocenters. The average molecular weight is 1310 g/mol. The van der Waals surface area contributed by atoms with Crippen LogP contribution in [0.25, 0.3) is 57.3 Å². The Balaban J connectivity index is 1.62. The fourth-order valence-electron chi connectivity index (χ4n) is 11.1. The van der Waals surface area contributed by atoms with Crippen molar-refractivity contribution >= 4 is 82.0 Å². The summed E-state index contributed by atoms with van der Waals surface area (Å²) in [5.74, 6) is -7.44. The van der Waals surface area contributed by atoms with Gasteiger partial charge in [0, 0.05) is 68.5 Å². The number of carbonyl (C=O) groups is 8. The molecule has 0 fully saturated rings. The van der Waals surface area contributed by atoms with Crippen LogP contribution < -0.4 is 22.5 Å². The summed E-state index contributed by atoms with van der Waals surface area (Å²) in [7, 11) is 0. The highest BCUT2D eigenvalue weighted by atomic mass is 16.6. The first-order valence-corrected chi connectivity index (χ1v) is 31.5. The summed E-state index contributed by atoms with van der Waals surface area (Å²) >= 11 is 0. The Labute approximate surface area is 541 Å². The van der Waals surface area contributed by atoms with Gasteiger partial charge in [0.25, 0.3) is 11.1 Å². The van der Waals surface area contributed by atoms with E-state index < -0.39 is 133 Å². The maximum Gasteiger partial charge on any atom is 0.352 e. The van der Waals surface area contributed by atoms with Gasteiger partial charge in [0.1, 0.15) is 13.2 Å². The highest BCUT2D eigenvalue weighted by Crippen LogP contribution is 2.31. The quantitative estimate of drug-likeness (QED) is 0.0134. The van der Waals surface area contributed by atoms with E-state index in [-0.39, 0.29) is 58.2 Å². The van der Waals surface area contributed by atoms with E-state index in [0.717, 1.165) is 129 Å². The maximum atomic E-state index is 14.5. The number of carbonyl (C=O) groups excluding carboxylic acids is 8. The highest BCUT2D eigenvalue weighted by Gasteiger charge is 2.41. The molecule has 6 rings (SSSR count). The second-order valence-electron chi connectivity index (χ2n) is 23.1. The molecule has 0 spiro atoms. The van der Waals surface area contributed by atoms with Crippen LogP contribution in [0, 0.1) is 13.8 Å². The van der Waals surface area contributed by atoms with E-state index in [1.54, 1.807) is 50.3 Å². The van der Waals surface area contributed by atoms with Crippen LogP contribution in [0.1, 0.15) is 169 Å². The summed E-state index contributed by atoms with van der Waals surface area (Å²) < 4.78 is 49.5. The zero-order valence-corrected chi connectivity index (χ0v) is 55.4. The van der Waals surface area contributed by atoms with Gasteiger partial charge in [-0.25, -0.2) is 19.6 Å². The first-order valence-electron chi connectivity index (χ1n) is 31.5. The minimum atomic E-state index is -1.68. The molecule has 28 heteroatoms. The number of fused-ring (bicyclic) bond motifs is 4. The molecular formula is C66H84N8O20. The van der Waals surface area contributed by atoms with Crippen LogP contribution in [0.2, 0.25) is 0 Å². The molecule has 4 heterocycles. The lowest BCUT2D eigenvalue weighted by atomic mass is 10.0. The molecule has 0 saturated heterocycles. The number of unbranched alkanes of at least 4 members (excludes halogenated alkanes) is 10. The van der Waals surface area contributed by atoms with Crippen LogP contribution in [0.5, 0.6) is 0 Å². The minimum Gasteiger partial charge on any atom is -0.462 e. The number of nitrogens with zero attached hydrogens (tertiary/aromatic N) is 8. The van der Waals surface area contributed by atoms with Gasteiger partial charge < -0.3 is 47.0 Å². The van der Waals surface area contributed by atoms with Crippen LogP contribution in [-0.4, -0.2) is 136 Å². The number of aryl methyl sites for hydroxylation is 2. The van der Waals surface area contributed by atoms with Gasteiger partial charge in [-0.3, -0.25) is 57.1 Å². The number of esters is 8. The minimum absolute atomic E-state index is 0.0471. The molecule has 0 aromatic heterocycles. The number of benzene rings is 2. The number of ether oxygens (including phenoxy) is 8. The topological polar surface area (TPSA) is 350 Å². The molecule has 508 valence electrons. The van der Waals surface area contributed by atoms with E-state index in [0.29, 0.717) is 35.1 Å². The van der Waals surface area contributed by atoms with Crippen LogP contribution in [0.3, 0.4) is 0 Å².